The van der Waals surface area contributed by atoms with E-state index in [1.807, 2.05) is 41.1 Å². The SMILES string of the molecule is CC=O.CO.O=c1ccc(C(c2ccccc2)c2ccccc2)cn1CCCCc1cccc(O)c1. The molecule has 0 spiro atoms. The van der Waals surface area contributed by atoms with Crippen LogP contribution in [0.5, 0.6) is 5.75 Å². The molecular weight excluding hydrogens is 450 g/mol. The summed E-state index contributed by atoms with van der Waals surface area (Å²) in [5.74, 6) is 0.385. The van der Waals surface area contributed by atoms with Gasteiger partial charge in [-0.15, -0.1) is 0 Å². The van der Waals surface area contributed by atoms with Crippen molar-refractivity contribution in [2.24, 2.45) is 0 Å². The first-order chi connectivity index (χ1) is 17.6. The molecule has 0 aliphatic carbocycles. The zero-order valence-electron chi connectivity index (χ0n) is 21.0. The monoisotopic (exact) mass is 485 g/mol. The van der Waals surface area contributed by atoms with Crippen LogP contribution in [0.1, 0.15) is 47.9 Å². The van der Waals surface area contributed by atoms with E-state index in [4.69, 9.17) is 9.90 Å². The molecule has 2 N–H and O–H groups in total. The van der Waals surface area contributed by atoms with E-state index in [1.54, 1.807) is 18.2 Å². The molecule has 1 heterocycles. The van der Waals surface area contributed by atoms with Gasteiger partial charge in [0, 0.05) is 31.8 Å². The fourth-order valence-corrected chi connectivity index (χ4v) is 4.09. The van der Waals surface area contributed by atoms with Crippen LogP contribution in [0.3, 0.4) is 0 Å². The first-order valence-electron chi connectivity index (χ1n) is 12.0. The van der Waals surface area contributed by atoms with E-state index in [0.29, 0.717) is 12.3 Å². The molecule has 0 radical (unpaired) electrons. The van der Waals surface area contributed by atoms with E-state index in [0.717, 1.165) is 43.8 Å². The maximum atomic E-state index is 12.5. The Morgan fingerprint density at radius 2 is 1.36 bits per heavy atom. The lowest BCUT2D eigenvalue weighted by Crippen LogP contribution is -2.20. The third-order valence-corrected chi connectivity index (χ3v) is 5.63. The van der Waals surface area contributed by atoms with E-state index in [-0.39, 0.29) is 11.5 Å². The summed E-state index contributed by atoms with van der Waals surface area (Å²) < 4.78 is 1.83. The van der Waals surface area contributed by atoms with Crippen LogP contribution in [0.15, 0.2) is 108 Å². The fraction of sp³-hybridized carbons (Fsp3) is 0.226. The van der Waals surface area contributed by atoms with Crippen LogP contribution in [-0.4, -0.2) is 28.2 Å². The Hall–Kier alpha value is -3.96. The molecule has 0 atom stereocenters. The van der Waals surface area contributed by atoms with Crippen LogP contribution in [0.4, 0.5) is 0 Å². The summed E-state index contributed by atoms with van der Waals surface area (Å²) in [6.45, 7) is 2.13. The largest absolute Gasteiger partial charge is 0.508 e. The lowest BCUT2D eigenvalue weighted by molar-refractivity contribution is -0.106. The Morgan fingerprint density at radius 3 is 1.92 bits per heavy atom. The number of aliphatic hydroxyl groups is 1. The summed E-state index contributed by atoms with van der Waals surface area (Å²) in [5, 5.41) is 16.6. The van der Waals surface area contributed by atoms with Crippen molar-refractivity contribution in [1.29, 1.82) is 0 Å². The second kappa shape index (κ2) is 15.8. The maximum absolute atomic E-state index is 12.5. The minimum Gasteiger partial charge on any atom is -0.508 e. The van der Waals surface area contributed by atoms with Crippen LogP contribution in [0.2, 0.25) is 0 Å². The Labute approximate surface area is 213 Å². The van der Waals surface area contributed by atoms with E-state index in [9.17, 15) is 9.90 Å². The maximum Gasteiger partial charge on any atom is 0.250 e. The highest BCUT2D eigenvalue weighted by Crippen LogP contribution is 2.31. The number of aldehydes is 1. The number of aromatic hydroxyl groups is 1. The summed E-state index contributed by atoms with van der Waals surface area (Å²) in [6, 6.07) is 31.9. The number of hydrogen-bond acceptors (Lipinski definition) is 4. The standard InChI is InChI=1S/C28H27NO2.C2H4O.CH4O/c30-26-16-9-11-22(20-26)10-7-8-19-29-21-25(17-18-27(29)31)28(23-12-3-1-4-13-23)24-14-5-2-6-15-24;1-2-3;1-2/h1-6,9,11-18,20-21,28,30H,7-8,10,19H2;2H,1H3;2H,1H3. The highest BCUT2D eigenvalue weighted by Gasteiger charge is 2.17. The molecule has 0 saturated carbocycles. The number of aromatic nitrogens is 1. The molecule has 188 valence electrons. The molecule has 36 heavy (non-hydrogen) atoms. The molecule has 0 saturated heterocycles. The molecule has 4 aromatic rings. The van der Waals surface area contributed by atoms with Crippen molar-refractivity contribution in [2.75, 3.05) is 7.11 Å². The number of carbonyl (C=O) groups excluding carboxylic acids is 1. The summed E-state index contributed by atoms with van der Waals surface area (Å²) in [7, 11) is 1.00. The number of nitrogens with zero attached hydrogens (tertiary/aromatic N) is 1. The normalized spacial score (nSPS) is 10.0. The lowest BCUT2D eigenvalue weighted by atomic mass is 9.86. The van der Waals surface area contributed by atoms with Crippen LogP contribution in [0.25, 0.3) is 0 Å². The minimum atomic E-state index is 0.0287. The average molecular weight is 486 g/mol. The summed E-state index contributed by atoms with van der Waals surface area (Å²) in [6.07, 6.45) is 5.52. The van der Waals surface area contributed by atoms with Crippen molar-refractivity contribution in [3.05, 3.63) is 136 Å². The molecular formula is C31H35NO4. The molecule has 1 aromatic heterocycles. The molecule has 0 fully saturated rings. The average Bonchev–Trinajstić information content (AvgIpc) is 2.91. The molecule has 5 nitrogen and oxygen atoms in total. The molecule has 0 bridgehead atoms. The zero-order chi connectivity index (χ0) is 26.2. The van der Waals surface area contributed by atoms with Crippen LogP contribution < -0.4 is 5.56 Å². The lowest BCUT2D eigenvalue weighted by Gasteiger charge is -2.20. The van der Waals surface area contributed by atoms with E-state index >= 15 is 0 Å². The van der Waals surface area contributed by atoms with E-state index in [2.05, 4.69) is 48.5 Å². The summed E-state index contributed by atoms with van der Waals surface area (Å²) >= 11 is 0. The van der Waals surface area contributed by atoms with Gasteiger partial charge in [-0.05, 0) is 60.6 Å². The molecule has 0 aliphatic heterocycles. The van der Waals surface area contributed by atoms with Gasteiger partial charge in [0.2, 0.25) is 0 Å². The number of carbonyl (C=O) groups is 1. The van der Waals surface area contributed by atoms with Gasteiger partial charge in [-0.2, -0.15) is 0 Å². The second-order valence-electron chi connectivity index (χ2n) is 8.11. The fourth-order valence-electron chi connectivity index (χ4n) is 4.09. The molecule has 0 unspecified atom stereocenters. The quantitative estimate of drug-likeness (QED) is 0.253. The van der Waals surface area contributed by atoms with Crippen LogP contribution >= 0.6 is 0 Å². The molecule has 4 rings (SSSR count). The van der Waals surface area contributed by atoms with Crippen LogP contribution in [0, 0.1) is 0 Å². The molecule has 5 heteroatoms. The first kappa shape index (κ1) is 28.3. The van der Waals surface area contributed by atoms with Gasteiger partial charge in [-0.25, -0.2) is 0 Å². The number of aryl methyl sites for hydroxylation is 2. The van der Waals surface area contributed by atoms with Gasteiger partial charge in [-0.3, -0.25) is 4.79 Å². The highest BCUT2D eigenvalue weighted by molar-refractivity contribution is 5.44. The third-order valence-electron chi connectivity index (χ3n) is 5.63. The number of hydrogen-bond donors (Lipinski definition) is 2. The first-order valence-corrected chi connectivity index (χ1v) is 12.0. The van der Waals surface area contributed by atoms with Crippen molar-refractivity contribution in [1.82, 2.24) is 4.57 Å². The number of pyridine rings is 1. The Bertz CT molecular complexity index is 1180. The van der Waals surface area contributed by atoms with Crippen LogP contribution in [-0.2, 0) is 17.8 Å². The van der Waals surface area contributed by atoms with Crippen molar-refractivity contribution in [3.8, 4) is 5.75 Å². The van der Waals surface area contributed by atoms with Crippen molar-refractivity contribution in [2.45, 2.75) is 38.6 Å². The van der Waals surface area contributed by atoms with E-state index in [1.165, 1.54) is 18.1 Å². The van der Waals surface area contributed by atoms with E-state index < -0.39 is 0 Å². The number of phenols is 1. The van der Waals surface area contributed by atoms with Crippen molar-refractivity contribution >= 4 is 6.29 Å². The summed E-state index contributed by atoms with van der Waals surface area (Å²) in [5.41, 5.74) is 4.69. The predicted molar refractivity (Wildman–Crippen MR) is 145 cm³/mol. The number of aliphatic hydroxyl groups excluding tert-OH is 1. The number of rotatable bonds is 8. The molecule has 0 aliphatic rings. The third kappa shape index (κ3) is 8.67. The Morgan fingerprint density at radius 1 is 0.778 bits per heavy atom. The predicted octanol–water partition coefficient (Wildman–Crippen LogP) is 5.57. The van der Waals surface area contributed by atoms with Gasteiger partial charge in [0.1, 0.15) is 12.0 Å². The number of benzene rings is 3. The number of unbranched alkanes of at least 4 members (excludes halogenated alkanes) is 1. The number of phenolic OH excluding ortho intramolecular Hbond substituents is 1. The highest BCUT2D eigenvalue weighted by atomic mass is 16.3. The minimum absolute atomic E-state index is 0.0287. The zero-order valence-corrected chi connectivity index (χ0v) is 21.0. The van der Waals surface area contributed by atoms with Crippen molar-refractivity contribution in [3.63, 3.8) is 0 Å². The Balaban J connectivity index is 0.000000850. The van der Waals surface area contributed by atoms with Gasteiger partial charge in [-0.1, -0.05) is 78.9 Å². The Kier molecular flexibility index (Phi) is 12.4. The van der Waals surface area contributed by atoms with Gasteiger partial charge in [0.15, 0.2) is 0 Å². The van der Waals surface area contributed by atoms with Crippen molar-refractivity contribution < 1.29 is 15.0 Å². The molecule has 0 amide bonds. The summed E-state index contributed by atoms with van der Waals surface area (Å²) in [4.78, 5) is 21.3. The molecule has 3 aromatic carbocycles. The smallest absolute Gasteiger partial charge is 0.250 e. The second-order valence-corrected chi connectivity index (χ2v) is 8.11. The topological polar surface area (TPSA) is 79.5 Å². The van der Waals surface area contributed by atoms with Gasteiger partial charge in [0.25, 0.3) is 5.56 Å². The van der Waals surface area contributed by atoms with Gasteiger partial charge < -0.3 is 19.6 Å². The van der Waals surface area contributed by atoms with Gasteiger partial charge in [0.05, 0.1) is 0 Å². The van der Waals surface area contributed by atoms with Gasteiger partial charge >= 0.3 is 0 Å².